The fraction of sp³-hybridized carbons (Fsp3) is 0.0500. The zero-order chi connectivity index (χ0) is 17.1. The predicted molar refractivity (Wildman–Crippen MR) is 103 cm³/mol. The van der Waals surface area contributed by atoms with Crippen molar-refractivity contribution in [3.05, 3.63) is 78.1 Å². The van der Waals surface area contributed by atoms with Crippen LogP contribution in [0.3, 0.4) is 0 Å². The summed E-state index contributed by atoms with van der Waals surface area (Å²) in [4.78, 5) is 13.2. The lowest BCUT2D eigenvalue weighted by molar-refractivity contribution is 1.19. The average molecular weight is 344 g/mol. The highest BCUT2D eigenvalue weighted by atomic mass is 32.1. The molecule has 1 aromatic carbocycles. The highest BCUT2D eigenvalue weighted by Gasteiger charge is 2.06. The second-order valence-corrected chi connectivity index (χ2v) is 6.50. The van der Waals surface area contributed by atoms with Gasteiger partial charge in [0.2, 0.25) is 0 Å². The van der Waals surface area contributed by atoms with Crippen LogP contribution in [0, 0.1) is 6.92 Å². The second-order valence-electron chi connectivity index (χ2n) is 5.64. The summed E-state index contributed by atoms with van der Waals surface area (Å²) in [6, 6.07) is 18.3. The van der Waals surface area contributed by atoms with Crippen molar-refractivity contribution in [2.75, 3.05) is 5.32 Å². The highest BCUT2D eigenvalue weighted by Crippen LogP contribution is 2.28. The zero-order valence-corrected chi connectivity index (χ0v) is 14.5. The third kappa shape index (κ3) is 3.56. The first-order chi connectivity index (χ1) is 12.3. The summed E-state index contributed by atoms with van der Waals surface area (Å²) in [6.07, 6.45) is 3.61. The Balaban J connectivity index is 1.54. The van der Waals surface area contributed by atoms with Gasteiger partial charge in [-0.05, 0) is 42.3 Å². The average Bonchev–Trinajstić information content (AvgIpc) is 3.11. The molecule has 4 rings (SSSR count). The van der Waals surface area contributed by atoms with E-state index in [-0.39, 0.29) is 0 Å². The molecule has 0 aliphatic rings. The Bertz CT molecular complexity index is 978. The van der Waals surface area contributed by atoms with E-state index in [0.717, 1.165) is 33.5 Å². The summed E-state index contributed by atoms with van der Waals surface area (Å²) in [6.45, 7) is 1.98. The molecule has 0 unspecified atom stereocenters. The maximum atomic E-state index is 4.67. The van der Waals surface area contributed by atoms with E-state index in [4.69, 9.17) is 0 Å². The summed E-state index contributed by atoms with van der Waals surface area (Å²) in [7, 11) is 0. The first kappa shape index (κ1) is 15.5. The van der Waals surface area contributed by atoms with Gasteiger partial charge in [-0.3, -0.25) is 4.98 Å². The molecule has 0 radical (unpaired) electrons. The summed E-state index contributed by atoms with van der Waals surface area (Å²) < 4.78 is 0. The number of rotatable bonds is 4. The molecule has 0 fully saturated rings. The van der Waals surface area contributed by atoms with Gasteiger partial charge < -0.3 is 5.32 Å². The quantitative estimate of drug-likeness (QED) is 0.544. The highest BCUT2D eigenvalue weighted by molar-refractivity contribution is 7.14. The number of benzene rings is 1. The molecule has 5 heteroatoms. The Hall–Kier alpha value is -3.05. The van der Waals surface area contributed by atoms with Crippen molar-refractivity contribution in [1.29, 1.82) is 0 Å². The van der Waals surface area contributed by atoms with Crippen LogP contribution in [0.4, 0.5) is 10.9 Å². The van der Waals surface area contributed by atoms with Crippen LogP contribution >= 0.6 is 11.3 Å². The van der Waals surface area contributed by atoms with Gasteiger partial charge in [0, 0.05) is 29.0 Å². The molecule has 0 amide bonds. The van der Waals surface area contributed by atoms with Gasteiger partial charge in [-0.25, -0.2) is 9.97 Å². The lowest BCUT2D eigenvalue weighted by atomic mass is 10.0. The van der Waals surface area contributed by atoms with Crippen LogP contribution in [-0.2, 0) is 0 Å². The minimum Gasteiger partial charge on any atom is -0.316 e. The number of hydrogen-bond acceptors (Lipinski definition) is 5. The van der Waals surface area contributed by atoms with Crippen LogP contribution in [-0.4, -0.2) is 15.0 Å². The molecule has 0 saturated carbocycles. The normalized spacial score (nSPS) is 10.6. The van der Waals surface area contributed by atoms with Gasteiger partial charge in [-0.15, -0.1) is 11.3 Å². The van der Waals surface area contributed by atoms with Gasteiger partial charge in [-0.1, -0.05) is 30.3 Å². The number of pyridine rings is 2. The van der Waals surface area contributed by atoms with Crippen LogP contribution in [0.2, 0.25) is 0 Å². The maximum Gasteiger partial charge on any atom is 0.188 e. The van der Waals surface area contributed by atoms with Crippen molar-refractivity contribution in [3.8, 4) is 22.4 Å². The zero-order valence-electron chi connectivity index (χ0n) is 13.7. The summed E-state index contributed by atoms with van der Waals surface area (Å²) in [5, 5.41) is 6.16. The Morgan fingerprint density at radius 3 is 2.28 bits per heavy atom. The van der Waals surface area contributed by atoms with Crippen LogP contribution in [0.1, 0.15) is 5.69 Å². The third-order valence-electron chi connectivity index (χ3n) is 3.82. The van der Waals surface area contributed by atoms with Crippen molar-refractivity contribution < 1.29 is 0 Å². The molecule has 25 heavy (non-hydrogen) atoms. The molecule has 0 bridgehead atoms. The van der Waals surface area contributed by atoms with Crippen LogP contribution < -0.4 is 5.32 Å². The second kappa shape index (κ2) is 6.83. The topological polar surface area (TPSA) is 50.7 Å². The molecule has 3 aromatic heterocycles. The summed E-state index contributed by atoms with van der Waals surface area (Å²) in [5.74, 6) is 0.814. The lowest BCUT2D eigenvalue weighted by Gasteiger charge is -2.03. The Morgan fingerprint density at radius 2 is 1.52 bits per heavy atom. The smallest absolute Gasteiger partial charge is 0.188 e. The molecule has 0 atom stereocenters. The van der Waals surface area contributed by atoms with Gasteiger partial charge in [0.1, 0.15) is 5.82 Å². The molecule has 1 N–H and O–H groups in total. The molecule has 0 saturated heterocycles. The Morgan fingerprint density at radius 1 is 0.800 bits per heavy atom. The van der Waals surface area contributed by atoms with E-state index in [2.05, 4.69) is 49.9 Å². The number of aryl methyl sites for hydroxylation is 1. The molecule has 4 aromatic rings. The monoisotopic (exact) mass is 344 g/mol. The van der Waals surface area contributed by atoms with Gasteiger partial charge in [-0.2, -0.15) is 0 Å². The Kier molecular flexibility index (Phi) is 4.23. The van der Waals surface area contributed by atoms with Crippen molar-refractivity contribution in [1.82, 2.24) is 15.0 Å². The molecular formula is C20H16N4S. The first-order valence-corrected chi connectivity index (χ1v) is 8.83. The molecular weight excluding hydrogens is 328 g/mol. The van der Waals surface area contributed by atoms with E-state index in [9.17, 15) is 0 Å². The standard InChI is InChI=1S/C20H16N4S/c1-14-3-2-4-19(22-14)24-20-23-18(13-25-20)17-7-5-15(6-8-17)16-9-11-21-12-10-16/h2-13H,1H3,(H,22,23,24). The largest absolute Gasteiger partial charge is 0.316 e. The first-order valence-electron chi connectivity index (χ1n) is 7.95. The van der Waals surface area contributed by atoms with E-state index in [0.29, 0.717) is 0 Å². The van der Waals surface area contributed by atoms with E-state index in [1.807, 2.05) is 37.3 Å². The van der Waals surface area contributed by atoms with Crippen molar-refractivity contribution in [2.45, 2.75) is 6.92 Å². The number of hydrogen-bond donors (Lipinski definition) is 1. The lowest BCUT2D eigenvalue weighted by Crippen LogP contribution is -1.93. The number of nitrogens with one attached hydrogen (secondary N) is 1. The molecule has 0 spiro atoms. The van der Waals surface area contributed by atoms with E-state index in [1.165, 1.54) is 5.56 Å². The maximum absolute atomic E-state index is 4.67. The van der Waals surface area contributed by atoms with Gasteiger partial charge >= 0.3 is 0 Å². The third-order valence-corrected chi connectivity index (χ3v) is 4.58. The Labute approximate surface area is 150 Å². The summed E-state index contributed by atoms with van der Waals surface area (Å²) in [5.41, 5.74) is 5.37. The van der Waals surface area contributed by atoms with Crippen molar-refractivity contribution in [2.24, 2.45) is 0 Å². The van der Waals surface area contributed by atoms with Crippen LogP contribution in [0.5, 0.6) is 0 Å². The van der Waals surface area contributed by atoms with E-state index < -0.39 is 0 Å². The minimum absolute atomic E-state index is 0.814. The number of aromatic nitrogens is 3. The van der Waals surface area contributed by atoms with Crippen molar-refractivity contribution in [3.63, 3.8) is 0 Å². The molecule has 0 aliphatic heterocycles. The van der Waals surface area contributed by atoms with E-state index >= 15 is 0 Å². The molecule has 4 nitrogen and oxygen atoms in total. The minimum atomic E-state index is 0.814. The van der Waals surface area contributed by atoms with Gasteiger partial charge in [0.05, 0.1) is 5.69 Å². The predicted octanol–water partition coefficient (Wildman–Crippen LogP) is 5.32. The fourth-order valence-corrected chi connectivity index (χ4v) is 3.29. The molecule has 0 aliphatic carbocycles. The van der Waals surface area contributed by atoms with Crippen molar-refractivity contribution >= 4 is 22.3 Å². The number of nitrogens with zero attached hydrogens (tertiary/aromatic N) is 3. The number of thiazole rings is 1. The summed E-state index contributed by atoms with van der Waals surface area (Å²) >= 11 is 1.58. The van der Waals surface area contributed by atoms with Gasteiger partial charge in [0.25, 0.3) is 0 Å². The van der Waals surface area contributed by atoms with Crippen LogP contribution in [0.15, 0.2) is 72.4 Å². The number of anilines is 2. The fourth-order valence-electron chi connectivity index (χ4n) is 2.56. The van der Waals surface area contributed by atoms with E-state index in [1.54, 1.807) is 23.7 Å². The molecule has 122 valence electrons. The SMILES string of the molecule is Cc1cccc(Nc2nc(-c3ccc(-c4ccncc4)cc3)cs2)n1. The molecule has 3 heterocycles. The van der Waals surface area contributed by atoms with Gasteiger partial charge in [0.15, 0.2) is 5.13 Å². The van der Waals surface area contributed by atoms with Crippen LogP contribution in [0.25, 0.3) is 22.4 Å².